The van der Waals surface area contributed by atoms with E-state index in [1.165, 1.54) is 16.7 Å². The third kappa shape index (κ3) is 4.15. The maximum absolute atomic E-state index is 12.5. The van der Waals surface area contributed by atoms with Crippen molar-refractivity contribution in [2.75, 3.05) is 13.7 Å². The van der Waals surface area contributed by atoms with Crippen LogP contribution in [0.3, 0.4) is 0 Å². The summed E-state index contributed by atoms with van der Waals surface area (Å²) in [5, 5.41) is 8.70. The highest BCUT2D eigenvalue weighted by molar-refractivity contribution is 8.26. The van der Waals surface area contributed by atoms with Crippen LogP contribution in [0.15, 0.2) is 17.0 Å². The smallest absolute Gasteiger partial charge is 0.303 e. The molecule has 24 heavy (non-hydrogen) atoms. The molecule has 128 valence electrons. The number of amides is 1. The number of carbonyl (C=O) groups excluding carboxylic acids is 1. The molecule has 1 heterocycles. The summed E-state index contributed by atoms with van der Waals surface area (Å²) in [5.41, 5.74) is 2.94. The van der Waals surface area contributed by atoms with Crippen LogP contribution in [-0.2, 0) is 9.59 Å². The van der Waals surface area contributed by atoms with Crippen LogP contribution in [0.1, 0.15) is 29.5 Å². The fourth-order valence-corrected chi connectivity index (χ4v) is 3.71. The first-order valence-electron chi connectivity index (χ1n) is 7.46. The summed E-state index contributed by atoms with van der Waals surface area (Å²) in [4.78, 5) is 25.1. The fraction of sp³-hybridized carbons (Fsp3) is 0.353. The molecule has 1 aliphatic heterocycles. The number of thiocarbonyl (C=S) groups is 1. The van der Waals surface area contributed by atoms with Crippen LogP contribution >= 0.6 is 24.0 Å². The molecule has 1 N–H and O–H groups in total. The van der Waals surface area contributed by atoms with E-state index >= 15 is 0 Å². The number of benzene rings is 1. The van der Waals surface area contributed by atoms with Crippen molar-refractivity contribution in [3.8, 4) is 5.75 Å². The maximum Gasteiger partial charge on any atom is 0.303 e. The van der Waals surface area contributed by atoms with Crippen molar-refractivity contribution < 1.29 is 19.4 Å². The topological polar surface area (TPSA) is 66.8 Å². The van der Waals surface area contributed by atoms with E-state index in [1.807, 2.05) is 32.1 Å². The van der Waals surface area contributed by atoms with Gasteiger partial charge in [0.05, 0.1) is 12.0 Å². The lowest BCUT2D eigenvalue weighted by Gasteiger charge is -2.13. The number of carboxylic acids is 1. The highest BCUT2D eigenvalue weighted by Gasteiger charge is 2.31. The van der Waals surface area contributed by atoms with Crippen LogP contribution in [0.5, 0.6) is 5.75 Å². The highest BCUT2D eigenvalue weighted by Crippen LogP contribution is 2.34. The summed E-state index contributed by atoms with van der Waals surface area (Å²) in [7, 11) is 1.63. The molecule has 7 heteroatoms. The average Bonchev–Trinajstić information content (AvgIpc) is 2.77. The van der Waals surface area contributed by atoms with Crippen molar-refractivity contribution in [1.29, 1.82) is 0 Å². The van der Waals surface area contributed by atoms with E-state index in [9.17, 15) is 9.59 Å². The predicted molar refractivity (Wildman–Crippen MR) is 99.2 cm³/mol. The number of aliphatic carboxylic acids is 1. The number of nitrogens with zero attached hydrogens (tertiary/aromatic N) is 1. The van der Waals surface area contributed by atoms with E-state index in [2.05, 4.69) is 0 Å². The molecule has 0 unspecified atom stereocenters. The zero-order chi connectivity index (χ0) is 17.9. The minimum atomic E-state index is -0.875. The Morgan fingerprint density at radius 1 is 1.38 bits per heavy atom. The normalized spacial score (nSPS) is 16.1. The third-order valence-electron chi connectivity index (χ3n) is 3.72. The van der Waals surface area contributed by atoms with Gasteiger partial charge in [-0.3, -0.25) is 14.5 Å². The monoisotopic (exact) mass is 365 g/mol. The van der Waals surface area contributed by atoms with Gasteiger partial charge >= 0.3 is 5.97 Å². The molecule has 0 radical (unpaired) electrons. The van der Waals surface area contributed by atoms with Gasteiger partial charge in [-0.15, -0.1) is 0 Å². The zero-order valence-corrected chi connectivity index (χ0v) is 15.4. The summed E-state index contributed by atoms with van der Waals surface area (Å²) in [6.45, 7) is 4.24. The van der Waals surface area contributed by atoms with Gasteiger partial charge in [-0.25, -0.2) is 0 Å². The molecule has 1 aromatic rings. The predicted octanol–water partition coefficient (Wildman–Crippen LogP) is 3.38. The second-order valence-corrected chi connectivity index (χ2v) is 7.18. The van der Waals surface area contributed by atoms with Crippen LogP contribution in [0.25, 0.3) is 6.08 Å². The maximum atomic E-state index is 12.5. The summed E-state index contributed by atoms with van der Waals surface area (Å²) in [5.74, 6) is -0.227. The number of rotatable bonds is 6. The molecule has 1 aromatic carbocycles. The molecule has 2 rings (SSSR count). The number of aryl methyl sites for hydroxylation is 2. The molecule has 0 spiro atoms. The number of ether oxygens (including phenoxy) is 1. The van der Waals surface area contributed by atoms with Crippen LogP contribution in [0.4, 0.5) is 0 Å². The molecule has 0 bridgehead atoms. The molecular weight excluding hydrogens is 346 g/mol. The Kier molecular flexibility index (Phi) is 6.01. The SMILES string of the molecule is COc1cc(C)c(/C=C2\SC(=S)N(CCCC(=O)O)C2=O)cc1C. The van der Waals surface area contributed by atoms with Gasteiger partial charge in [0.1, 0.15) is 10.1 Å². The van der Waals surface area contributed by atoms with Gasteiger partial charge in [0, 0.05) is 13.0 Å². The fourth-order valence-electron chi connectivity index (χ4n) is 2.41. The molecule has 0 saturated carbocycles. The van der Waals surface area contributed by atoms with E-state index in [0.29, 0.717) is 22.2 Å². The van der Waals surface area contributed by atoms with Gasteiger partial charge in [0.15, 0.2) is 0 Å². The molecular formula is C17H19NO4S2. The van der Waals surface area contributed by atoms with Gasteiger partial charge in [-0.05, 0) is 55.2 Å². The Morgan fingerprint density at radius 3 is 2.71 bits per heavy atom. The van der Waals surface area contributed by atoms with E-state index < -0.39 is 5.97 Å². The second kappa shape index (κ2) is 7.81. The van der Waals surface area contributed by atoms with Crippen LogP contribution in [0.2, 0.25) is 0 Å². The molecule has 0 aromatic heterocycles. The Hall–Kier alpha value is -1.86. The largest absolute Gasteiger partial charge is 0.496 e. The summed E-state index contributed by atoms with van der Waals surface area (Å²) in [6, 6.07) is 3.92. The van der Waals surface area contributed by atoms with Crippen LogP contribution in [-0.4, -0.2) is 39.9 Å². The van der Waals surface area contributed by atoms with Crippen LogP contribution < -0.4 is 4.74 Å². The Bertz CT molecular complexity index is 728. The molecule has 1 amide bonds. The Labute approximate surface area is 150 Å². The van der Waals surface area contributed by atoms with Gasteiger partial charge in [0.2, 0.25) is 0 Å². The van der Waals surface area contributed by atoms with Gasteiger partial charge in [-0.1, -0.05) is 24.0 Å². The minimum Gasteiger partial charge on any atom is -0.496 e. The minimum absolute atomic E-state index is 0.0207. The number of carboxylic acid groups (broad SMARTS) is 1. The number of hydrogen-bond acceptors (Lipinski definition) is 5. The second-order valence-electron chi connectivity index (χ2n) is 5.51. The van der Waals surface area contributed by atoms with Crippen molar-refractivity contribution in [2.24, 2.45) is 0 Å². The number of carbonyl (C=O) groups is 2. The van der Waals surface area contributed by atoms with Gasteiger partial charge in [-0.2, -0.15) is 0 Å². The Morgan fingerprint density at radius 2 is 2.08 bits per heavy atom. The van der Waals surface area contributed by atoms with E-state index in [1.54, 1.807) is 7.11 Å². The molecule has 0 atom stereocenters. The van der Waals surface area contributed by atoms with Crippen molar-refractivity contribution in [2.45, 2.75) is 26.7 Å². The van der Waals surface area contributed by atoms with E-state index in [0.717, 1.165) is 22.4 Å². The van der Waals surface area contributed by atoms with Crippen LogP contribution in [0, 0.1) is 13.8 Å². The molecule has 0 aliphatic carbocycles. The number of methoxy groups -OCH3 is 1. The Balaban J connectivity index is 2.19. The highest BCUT2D eigenvalue weighted by atomic mass is 32.2. The first-order valence-corrected chi connectivity index (χ1v) is 8.68. The summed E-state index contributed by atoms with van der Waals surface area (Å²) >= 11 is 6.50. The summed E-state index contributed by atoms with van der Waals surface area (Å²) < 4.78 is 5.77. The van der Waals surface area contributed by atoms with E-state index in [4.69, 9.17) is 22.1 Å². The first-order chi connectivity index (χ1) is 11.3. The van der Waals surface area contributed by atoms with Gasteiger partial charge in [0.25, 0.3) is 5.91 Å². The van der Waals surface area contributed by atoms with Crippen molar-refractivity contribution in [3.05, 3.63) is 33.7 Å². The van der Waals surface area contributed by atoms with Crippen molar-refractivity contribution in [1.82, 2.24) is 4.90 Å². The molecule has 1 aliphatic rings. The summed E-state index contributed by atoms with van der Waals surface area (Å²) in [6.07, 6.45) is 2.24. The average molecular weight is 365 g/mol. The standard InChI is InChI=1S/C17H19NO4S2/c1-10-8-13(22-3)11(2)7-12(10)9-14-16(21)18(17(23)24-14)6-4-5-15(19)20/h7-9H,4-6H2,1-3H3,(H,19,20)/b14-9-. The quantitative estimate of drug-likeness (QED) is 0.616. The number of hydrogen-bond donors (Lipinski definition) is 1. The van der Waals surface area contributed by atoms with Crippen molar-refractivity contribution >= 4 is 46.3 Å². The lowest BCUT2D eigenvalue weighted by atomic mass is 10.0. The zero-order valence-electron chi connectivity index (χ0n) is 13.8. The lowest BCUT2D eigenvalue weighted by Crippen LogP contribution is -2.29. The molecule has 1 fully saturated rings. The lowest BCUT2D eigenvalue weighted by molar-refractivity contribution is -0.137. The van der Waals surface area contributed by atoms with Crippen molar-refractivity contribution in [3.63, 3.8) is 0 Å². The molecule has 1 saturated heterocycles. The number of thioether (sulfide) groups is 1. The van der Waals surface area contributed by atoms with E-state index in [-0.39, 0.29) is 12.3 Å². The third-order valence-corrected chi connectivity index (χ3v) is 5.09. The van der Waals surface area contributed by atoms with Gasteiger partial charge < -0.3 is 9.84 Å². The first kappa shape index (κ1) is 18.5. The molecule has 5 nitrogen and oxygen atoms in total.